The number of anilines is 1. The maximum atomic E-state index is 12.4. The number of benzene rings is 2. The number of halogens is 4. The first-order valence-corrected chi connectivity index (χ1v) is 9.32. The van der Waals surface area contributed by atoms with Gasteiger partial charge in [0.2, 0.25) is 0 Å². The van der Waals surface area contributed by atoms with Crippen LogP contribution in [0.4, 0.5) is 5.69 Å². The number of carbonyl (C=O) groups is 1. The molecule has 1 heterocycles. The molecule has 0 radical (unpaired) electrons. The van der Waals surface area contributed by atoms with Gasteiger partial charge in [0.05, 0.1) is 15.7 Å². The van der Waals surface area contributed by atoms with E-state index in [-0.39, 0.29) is 15.6 Å². The third-order valence-electron chi connectivity index (χ3n) is 3.63. The maximum absolute atomic E-state index is 12.4. The van der Waals surface area contributed by atoms with E-state index in [1.165, 1.54) is 6.08 Å². The SMILES string of the molecule is N#C/C(=C\c1ccc(-c2cc(Cl)cc(Cl)c2)o1)C(=O)Nc1cccc(Cl)c1Cl. The van der Waals surface area contributed by atoms with E-state index in [0.717, 1.165) is 0 Å². The van der Waals surface area contributed by atoms with Crippen LogP contribution >= 0.6 is 46.4 Å². The Morgan fingerprint density at radius 3 is 2.43 bits per heavy atom. The van der Waals surface area contributed by atoms with E-state index >= 15 is 0 Å². The molecule has 3 rings (SSSR count). The van der Waals surface area contributed by atoms with E-state index in [4.69, 9.17) is 50.8 Å². The van der Waals surface area contributed by atoms with Crippen molar-refractivity contribution >= 4 is 64.1 Å². The van der Waals surface area contributed by atoms with E-state index in [9.17, 15) is 10.1 Å². The minimum absolute atomic E-state index is 0.166. The van der Waals surface area contributed by atoms with Gasteiger partial charge in [-0.1, -0.05) is 52.5 Å². The Kier molecular flexibility index (Phi) is 6.33. The van der Waals surface area contributed by atoms with Gasteiger partial charge in [0.15, 0.2) is 0 Å². The van der Waals surface area contributed by atoms with E-state index in [1.54, 1.807) is 48.5 Å². The molecule has 0 bridgehead atoms. The van der Waals surface area contributed by atoms with Crippen molar-refractivity contribution in [2.24, 2.45) is 0 Å². The van der Waals surface area contributed by atoms with Crippen LogP contribution < -0.4 is 5.32 Å². The Balaban J connectivity index is 1.85. The van der Waals surface area contributed by atoms with Crippen molar-refractivity contribution in [3.05, 3.63) is 80.0 Å². The maximum Gasteiger partial charge on any atom is 0.266 e. The summed E-state index contributed by atoms with van der Waals surface area (Å²) >= 11 is 24.0. The summed E-state index contributed by atoms with van der Waals surface area (Å²) in [5, 5.41) is 13.3. The molecule has 8 heteroatoms. The topological polar surface area (TPSA) is 66.0 Å². The normalized spacial score (nSPS) is 11.2. The van der Waals surface area contributed by atoms with E-state index in [2.05, 4.69) is 5.32 Å². The highest BCUT2D eigenvalue weighted by Gasteiger charge is 2.14. The van der Waals surface area contributed by atoms with E-state index in [1.807, 2.05) is 6.07 Å². The van der Waals surface area contributed by atoms with Crippen molar-refractivity contribution in [2.75, 3.05) is 5.32 Å². The Labute approximate surface area is 180 Å². The lowest BCUT2D eigenvalue weighted by Gasteiger charge is -2.07. The molecule has 0 aliphatic heterocycles. The molecule has 3 aromatic rings. The molecule has 0 unspecified atom stereocenters. The standard InChI is InChI=1S/C20H10Cl4N2O2/c21-13-6-11(7-14(22)9-13)18-5-4-15(28-18)8-12(10-25)20(27)26-17-3-1-2-16(23)19(17)24/h1-9H,(H,26,27)/b12-8+. The van der Waals surface area contributed by atoms with Crippen LogP contribution in [0.1, 0.15) is 5.76 Å². The third-order valence-corrected chi connectivity index (χ3v) is 4.88. The van der Waals surface area contributed by atoms with Crippen LogP contribution in [0.5, 0.6) is 0 Å². The van der Waals surface area contributed by atoms with Crippen LogP contribution in [-0.2, 0) is 4.79 Å². The number of amides is 1. The van der Waals surface area contributed by atoms with Gasteiger partial charge in [0.1, 0.15) is 23.2 Å². The number of nitriles is 1. The predicted octanol–water partition coefficient (Wildman–Crippen LogP) is 7.11. The van der Waals surface area contributed by atoms with Crippen LogP contribution in [0.25, 0.3) is 17.4 Å². The van der Waals surface area contributed by atoms with Gasteiger partial charge in [0, 0.05) is 21.7 Å². The second-order valence-corrected chi connectivity index (χ2v) is 7.24. The monoisotopic (exact) mass is 450 g/mol. The summed E-state index contributed by atoms with van der Waals surface area (Å²) in [6.45, 7) is 0. The van der Waals surface area contributed by atoms with Crippen LogP contribution in [0.2, 0.25) is 20.1 Å². The highest BCUT2D eigenvalue weighted by Crippen LogP contribution is 2.31. The van der Waals surface area contributed by atoms with Gasteiger partial charge in [-0.2, -0.15) is 5.26 Å². The smallest absolute Gasteiger partial charge is 0.266 e. The molecule has 2 aromatic carbocycles. The Morgan fingerprint density at radius 2 is 1.75 bits per heavy atom. The molecule has 0 saturated carbocycles. The van der Waals surface area contributed by atoms with Crippen molar-refractivity contribution in [3.63, 3.8) is 0 Å². The van der Waals surface area contributed by atoms with Gasteiger partial charge in [-0.15, -0.1) is 0 Å². The third kappa shape index (κ3) is 4.70. The van der Waals surface area contributed by atoms with Crippen molar-refractivity contribution in [2.45, 2.75) is 0 Å². The van der Waals surface area contributed by atoms with Crippen molar-refractivity contribution < 1.29 is 9.21 Å². The molecular formula is C20H10Cl4N2O2. The van der Waals surface area contributed by atoms with Crippen LogP contribution in [-0.4, -0.2) is 5.91 Å². The first-order chi connectivity index (χ1) is 13.4. The number of hydrogen-bond donors (Lipinski definition) is 1. The molecule has 1 aromatic heterocycles. The van der Waals surface area contributed by atoms with Crippen molar-refractivity contribution in [1.82, 2.24) is 0 Å². The Hall–Kier alpha value is -2.42. The molecule has 0 atom stereocenters. The fourth-order valence-electron chi connectivity index (χ4n) is 2.36. The van der Waals surface area contributed by atoms with Crippen LogP contribution in [0, 0.1) is 11.3 Å². The first kappa shape index (κ1) is 20.3. The van der Waals surface area contributed by atoms with E-state index in [0.29, 0.717) is 32.8 Å². The zero-order valence-corrected chi connectivity index (χ0v) is 17.0. The fourth-order valence-corrected chi connectivity index (χ4v) is 3.24. The number of hydrogen-bond acceptors (Lipinski definition) is 3. The highest BCUT2D eigenvalue weighted by atomic mass is 35.5. The zero-order valence-electron chi connectivity index (χ0n) is 14.0. The predicted molar refractivity (Wildman–Crippen MR) is 113 cm³/mol. The molecule has 1 N–H and O–H groups in total. The lowest BCUT2D eigenvalue weighted by atomic mass is 10.2. The number of furan rings is 1. The number of nitrogens with zero attached hydrogens (tertiary/aromatic N) is 1. The summed E-state index contributed by atoms with van der Waals surface area (Å²) in [5.74, 6) is 0.164. The minimum atomic E-state index is -0.643. The van der Waals surface area contributed by atoms with Gasteiger partial charge >= 0.3 is 0 Å². The summed E-state index contributed by atoms with van der Waals surface area (Å²) in [7, 11) is 0. The van der Waals surface area contributed by atoms with Crippen LogP contribution in [0.15, 0.2) is 58.5 Å². The lowest BCUT2D eigenvalue weighted by molar-refractivity contribution is -0.112. The molecule has 0 spiro atoms. The van der Waals surface area contributed by atoms with Crippen molar-refractivity contribution in [1.29, 1.82) is 5.26 Å². The van der Waals surface area contributed by atoms with Gasteiger partial charge in [-0.3, -0.25) is 4.79 Å². The second kappa shape index (κ2) is 8.72. The molecule has 0 aliphatic carbocycles. The summed E-state index contributed by atoms with van der Waals surface area (Å²) in [5.41, 5.74) is 0.806. The quantitative estimate of drug-likeness (QED) is 0.339. The summed E-state index contributed by atoms with van der Waals surface area (Å²) in [6.07, 6.45) is 1.32. The highest BCUT2D eigenvalue weighted by molar-refractivity contribution is 6.44. The Morgan fingerprint density at radius 1 is 1.04 bits per heavy atom. The summed E-state index contributed by atoms with van der Waals surface area (Å²) in [6, 6.07) is 15.0. The zero-order chi connectivity index (χ0) is 20.3. The average Bonchev–Trinajstić information content (AvgIpc) is 3.11. The second-order valence-electron chi connectivity index (χ2n) is 5.59. The first-order valence-electron chi connectivity index (χ1n) is 7.81. The molecule has 0 aliphatic rings. The van der Waals surface area contributed by atoms with Crippen molar-refractivity contribution in [3.8, 4) is 17.4 Å². The summed E-state index contributed by atoms with van der Waals surface area (Å²) < 4.78 is 5.68. The number of nitrogens with one attached hydrogen (secondary N) is 1. The molecule has 140 valence electrons. The lowest BCUT2D eigenvalue weighted by Crippen LogP contribution is -2.13. The largest absolute Gasteiger partial charge is 0.457 e. The van der Waals surface area contributed by atoms with E-state index < -0.39 is 5.91 Å². The van der Waals surface area contributed by atoms with Gasteiger partial charge in [0.25, 0.3) is 5.91 Å². The number of carbonyl (C=O) groups excluding carboxylic acids is 1. The summed E-state index contributed by atoms with van der Waals surface area (Å²) in [4.78, 5) is 12.4. The molecule has 0 fully saturated rings. The number of rotatable bonds is 4. The van der Waals surface area contributed by atoms with Gasteiger partial charge < -0.3 is 9.73 Å². The molecular weight excluding hydrogens is 442 g/mol. The molecule has 4 nitrogen and oxygen atoms in total. The fraction of sp³-hybridized carbons (Fsp3) is 0. The molecule has 0 saturated heterocycles. The van der Waals surface area contributed by atoms with Gasteiger partial charge in [-0.05, 0) is 42.5 Å². The molecule has 1 amide bonds. The minimum Gasteiger partial charge on any atom is -0.457 e. The van der Waals surface area contributed by atoms with Crippen LogP contribution in [0.3, 0.4) is 0 Å². The van der Waals surface area contributed by atoms with Gasteiger partial charge in [-0.25, -0.2) is 0 Å². The Bertz CT molecular complexity index is 1110. The average molecular weight is 452 g/mol. The molecule has 28 heavy (non-hydrogen) atoms.